The van der Waals surface area contributed by atoms with Gasteiger partial charge in [-0.1, -0.05) is 143 Å². The van der Waals surface area contributed by atoms with Crippen LogP contribution < -0.4 is 0 Å². The van der Waals surface area contributed by atoms with E-state index in [0.717, 1.165) is 56.0 Å². The summed E-state index contributed by atoms with van der Waals surface area (Å²) < 4.78 is 0. The van der Waals surface area contributed by atoms with Gasteiger partial charge in [-0.05, 0) is 134 Å². The molecular formula is C48H65NO. The molecule has 1 heterocycles. The summed E-state index contributed by atoms with van der Waals surface area (Å²) in [6.07, 6.45) is 25.1. The van der Waals surface area contributed by atoms with Crippen molar-refractivity contribution in [1.82, 2.24) is 4.90 Å². The van der Waals surface area contributed by atoms with Gasteiger partial charge < -0.3 is 10.0 Å². The van der Waals surface area contributed by atoms with Gasteiger partial charge in [0.05, 0.1) is 6.10 Å². The molecule has 2 aromatic rings. The largest absolute Gasteiger partial charge is 0.393 e. The zero-order valence-corrected chi connectivity index (χ0v) is 32.0. The minimum Gasteiger partial charge on any atom is -0.393 e. The molecule has 0 aromatic heterocycles. The summed E-state index contributed by atoms with van der Waals surface area (Å²) in [6, 6.07) is 17.6. The van der Waals surface area contributed by atoms with Gasteiger partial charge in [0.15, 0.2) is 0 Å². The second-order valence-corrected chi connectivity index (χ2v) is 17.1. The molecule has 2 aromatic carbocycles. The van der Waals surface area contributed by atoms with Gasteiger partial charge in [0, 0.05) is 13.1 Å². The number of nitrogens with zero attached hydrogens (tertiary/aromatic N) is 1. The Kier molecular flexibility index (Phi) is 12.2. The molecule has 0 spiro atoms. The number of fused-ring (bicyclic) bond motifs is 3. The molecule has 5 aliphatic rings. The van der Waals surface area contributed by atoms with Gasteiger partial charge in [-0.2, -0.15) is 0 Å². The Labute approximate surface area is 305 Å². The van der Waals surface area contributed by atoms with Crippen molar-refractivity contribution in [2.24, 2.45) is 29.1 Å². The Bertz CT molecular complexity index is 1560. The number of benzene rings is 2. The first kappa shape index (κ1) is 36.8. The van der Waals surface area contributed by atoms with E-state index >= 15 is 0 Å². The number of aliphatic hydroxyl groups is 1. The minimum absolute atomic E-state index is 0.172. The Balaban J connectivity index is 0.000000177. The second kappa shape index (κ2) is 16.6. The third kappa shape index (κ3) is 8.40. The maximum atomic E-state index is 10.0. The van der Waals surface area contributed by atoms with E-state index < -0.39 is 0 Å². The van der Waals surface area contributed by atoms with Crippen molar-refractivity contribution in [2.75, 3.05) is 20.1 Å². The average molecular weight is 672 g/mol. The summed E-state index contributed by atoms with van der Waals surface area (Å²) in [5, 5.41) is 10.0. The van der Waals surface area contributed by atoms with Crippen LogP contribution in [0.2, 0.25) is 0 Å². The Morgan fingerprint density at radius 2 is 1.52 bits per heavy atom. The van der Waals surface area contributed by atoms with Crippen molar-refractivity contribution in [3.05, 3.63) is 112 Å². The van der Waals surface area contributed by atoms with Crippen LogP contribution in [0.5, 0.6) is 0 Å². The topological polar surface area (TPSA) is 23.5 Å². The van der Waals surface area contributed by atoms with Crippen LogP contribution >= 0.6 is 0 Å². The number of aliphatic hydroxyl groups excluding tert-OH is 1. The molecule has 2 nitrogen and oxygen atoms in total. The van der Waals surface area contributed by atoms with E-state index in [4.69, 9.17) is 0 Å². The quantitative estimate of drug-likeness (QED) is 0.282. The van der Waals surface area contributed by atoms with Gasteiger partial charge in [0.2, 0.25) is 0 Å². The van der Waals surface area contributed by atoms with Crippen molar-refractivity contribution >= 4 is 17.7 Å². The summed E-state index contributed by atoms with van der Waals surface area (Å²) in [4.78, 5) is 2.43. The lowest BCUT2D eigenvalue weighted by Gasteiger charge is -2.44. The SMILES string of the molecule is C=C1CC[C@H](O)C/C1=C/C=C1\CCC[C@]2(C)[C@@H]([C@H](C)CCCC(C)C)CC[C@@H]12.CN1CCC(=C2c3ccccc3C=Cc3ccccc32)CC1. The minimum atomic E-state index is -0.172. The van der Waals surface area contributed by atoms with Crippen LogP contribution in [0.4, 0.5) is 0 Å². The van der Waals surface area contributed by atoms with E-state index in [1.165, 1.54) is 103 Å². The van der Waals surface area contributed by atoms with E-state index in [-0.39, 0.29) is 6.10 Å². The normalized spacial score (nSPS) is 28.9. The fourth-order valence-corrected chi connectivity index (χ4v) is 10.2. The molecule has 268 valence electrons. The van der Waals surface area contributed by atoms with Gasteiger partial charge in [-0.25, -0.2) is 0 Å². The van der Waals surface area contributed by atoms with Crippen molar-refractivity contribution in [3.8, 4) is 0 Å². The molecule has 5 atom stereocenters. The second-order valence-electron chi connectivity index (χ2n) is 17.1. The molecule has 1 N–H and O–H groups in total. The molecule has 4 aliphatic carbocycles. The molecule has 1 aliphatic heterocycles. The maximum absolute atomic E-state index is 10.0. The van der Waals surface area contributed by atoms with Gasteiger partial charge in [0.25, 0.3) is 0 Å². The molecular weight excluding hydrogens is 607 g/mol. The summed E-state index contributed by atoms with van der Waals surface area (Å²) in [7, 11) is 2.22. The van der Waals surface area contributed by atoms with E-state index in [9.17, 15) is 5.11 Å². The molecule has 2 heteroatoms. The molecule has 4 fully saturated rings. The lowest BCUT2D eigenvalue weighted by atomic mass is 9.60. The van der Waals surface area contributed by atoms with Crippen LogP contribution in [-0.2, 0) is 0 Å². The maximum Gasteiger partial charge on any atom is 0.0583 e. The first-order chi connectivity index (χ1) is 24.1. The highest BCUT2D eigenvalue weighted by Gasteiger charge is 2.50. The fraction of sp³-hybridized carbons (Fsp3) is 0.542. The van der Waals surface area contributed by atoms with Crippen LogP contribution in [0.3, 0.4) is 0 Å². The third-order valence-corrected chi connectivity index (χ3v) is 13.2. The first-order valence-electron chi connectivity index (χ1n) is 20.2. The van der Waals surface area contributed by atoms with Gasteiger partial charge in [-0.15, -0.1) is 0 Å². The van der Waals surface area contributed by atoms with E-state index in [0.29, 0.717) is 5.41 Å². The van der Waals surface area contributed by atoms with Crippen LogP contribution in [0.15, 0.2) is 89.6 Å². The highest BCUT2D eigenvalue weighted by Crippen LogP contribution is 2.60. The number of rotatable bonds is 6. The predicted molar refractivity (Wildman–Crippen MR) is 216 cm³/mol. The summed E-state index contributed by atoms with van der Waals surface area (Å²) in [5.41, 5.74) is 13.3. The zero-order valence-electron chi connectivity index (χ0n) is 32.0. The number of hydrogen-bond acceptors (Lipinski definition) is 2. The molecule has 0 unspecified atom stereocenters. The summed E-state index contributed by atoms with van der Waals surface area (Å²) >= 11 is 0. The van der Waals surface area contributed by atoms with E-state index in [2.05, 4.69) is 119 Å². The van der Waals surface area contributed by atoms with Gasteiger partial charge in [0.1, 0.15) is 0 Å². The standard InChI is InChI=1S/C27H44O.C21H21N/c1-19(2)8-6-9-21(4)25-15-16-26-22(10-7-17-27(25,26)5)12-13-23-18-24(28)14-11-20(23)3;1-22-14-12-18(13-15-22)21-19-8-4-2-6-16(19)10-11-17-7-3-5-9-20(17)21/h12-13,19,21,24-26,28H,3,6-11,14-18H2,1-2,4-5H3;2-11H,12-15H2,1H3/b22-12+,23-13-;/t21-,24+,25-,26+,27-;/m1./s1. The van der Waals surface area contributed by atoms with Crippen molar-refractivity contribution < 1.29 is 5.11 Å². The fourth-order valence-electron chi connectivity index (χ4n) is 10.2. The van der Waals surface area contributed by atoms with Crippen LogP contribution in [0.25, 0.3) is 17.7 Å². The molecule has 0 bridgehead atoms. The van der Waals surface area contributed by atoms with Crippen LogP contribution in [0, 0.1) is 29.1 Å². The lowest BCUT2D eigenvalue weighted by molar-refractivity contribution is 0.0929. The van der Waals surface area contributed by atoms with Crippen molar-refractivity contribution in [1.29, 1.82) is 0 Å². The highest BCUT2D eigenvalue weighted by atomic mass is 16.3. The predicted octanol–water partition coefficient (Wildman–Crippen LogP) is 12.3. The molecule has 1 saturated heterocycles. The number of piperidine rings is 1. The number of likely N-dealkylation sites (tertiary alicyclic amines) is 1. The first-order valence-corrected chi connectivity index (χ1v) is 20.2. The molecule has 0 amide bonds. The average Bonchev–Trinajstić information content (AvgIpc) is 3.38. The summed E-state index contributed by atoms with van der Waals surface area (Å²) in [6.45, 7) is 16.4. The number of hydrogen-bond donors (Lipinski definition) is 1. The Morgan fingerprint density at radius 1 is 0.860 bits per heavy atom. The van der Waals surface area contributed by atoms with E-state index in [1.807, 2.05) is 0 Å². The Morgan fingerprint density at radius 3 is 2.18 bits per heavy atom. The van der Waals surface area contributed by atoms with Crippen molar-refractivity contribution in [2.45, 2.75) is 117 Å². The van der Waals surface area contributed by atoms with Crippen molar-refractivity contribution in [3.63, 3.8) is 0 Å². The van der Waals surface area contributed by atoms with Gasteiger partial charge >= 0.3 is 0 Å². The smallest absolute Gasteiger partial charge is 0.0583 e. The third-order valence-electron chi connectivity index (χ3n) is 13.2. The van der Waals surface area contributed by atoms with Gasteiger partial charge in [-0.3, -0.25) is 0 Å². The van der Waals surface area contributed by atoms with E-state index in [1.54, 1.807) is 11.1 Å². The lowest BCUT2D eigenvalue weighted by Crippen LogP contribution is -2.36. The zero-order chi connectivity index (χ0) is 35.3. The molecule has 3 saturated carbocycles. The van der Waals surface area contributed by atoms with Crippen LogP contribution in [0.1, 0.15) is 133 Å². The summed E-state index contributed by atoms with van der Waals surface area (Å²) in [5.74, 6) is 3.37. The molecule has 50 heavy (non-hydrogen) atoms. The van der Waals surface area contributed by atoms with Crippen LogP contribution in [-0.4, -0.2) is 36.2 Å². The monoisotopic (exact) mass is 672 g/mol. The molecule has 0 radical (unpaired) electrons. The molecule has 7 rings (SSSR count). The Hall–Kier alpha value is -2.94. The highest BCUT2D eigenvalue weighted by molar-refractivity contribution is 5.94. The number of allylic oxidation sites excluding steroid dienone is 4.